The van der Waals surface area contributed by atoms with E-state index in [1.54, 1.807) is 0 Å². The molecule has 1 aromatic carbocycles. The van der Waals surface area contributed by atoms with E-state index < -0.39 is 17.6 Å². The third-order valence-electron chi connectivity index (χ3n) is 4.96. The van der Waals surface area contributed by atoms with E-state index >= 15 is 0 Å². The Hall–Kier alpha value is -2.95. The predicted molar refractivity (Wildman–Crippen MR) is 98.1 cm³/mol. The maximum absolute atomic E-state index is 14.7. The number of benzene rings is 1. The molecule has 0 spiro atoms. The molecule has 0 bridgehead atoms. The summed E-state index contributed by atoms with van der Waals surface area (Å²) in [6, 6.07) is 2.97. The average molecular weight is 410 g/mol. The van der Waals surface area contributed by atoms with E-state index in [0.29, 0.717) is 19.3 Å². The molecule has 154 valence electrons. The van der Waals surface area contributed by atoms with Crippen molar-refractivity contribution in [2.24, 2.45) is 0 Å². The average Bonchev–Trinajstić information content (AvgIpc) is 2.96. The summed E-state index contributed by atoms with van der Waals surface area (Å²) in [7, 11) is 0. The topological polar surface area (TPSA) is 90.9 Å². The third kappa shape index (κ3) is 3.57. The maximum atomic E-state index is 14.7. The minimum absolute atomic E-state index is 0.105. The Balaban J connectivity index is 1.81. The van der Waals surface area contributed by atoms with Gasteiger partial charge in [0.05, 0.1) is 17.4 Å². The zero-order chi connectivity index (χ0) is 20.8. The molecular formula is C18H18F4N6O. The summed E-state index contributed by atoms with van der Waals surface area (Å²) in [5, 5.41) is 3.23. The lowest BCUT2D eigenvalue weighted by Gasteiger charge is -2.34. The van der Waals surface area contributed by atoms with Gasteiger partial charge in [0.2, 0.25) is 11.9 Å². The van der Waals surface area contributed by atoms with E-state index in [0.717, 1.165) is 23.5 Å². The highest BCUT2D eigenvalue weighted by Crippen LogP contribution is 2.35. The van der Waals surface area contributed by atoms with Crippen molar-refractivity contribution in [3.05, 3.63) is 35.8 Å². The van der Waals surface area contributed by atoms with Crippen LogP contribution >= 0.6 is 0 Å². The van der Waals surface area contributed by atoms with E-state index in [4.69, 9.17) is 10.5 Å². The molecule has 4 rings (SSSR count). The number of nitrogens with two attached hydrogens (primary N) is 1. The third-order valence-corrected chi connectivity index (χ3v) is 4.96. The van der Waals surface area contributed by atoms with Crippen LogP contribution in [-0.4, -0.2) is 38.3 Å². The molecule has 1 aliphatic rings. The molecule has 11 heteroatoms. The Kier molecular flexibility index (Phi) is 4.56. The van der Waals surface area contributed by atoms with Crippen LogP contribution in [0.4, 0.5) is 29.5 Å². The highest BCUT2D eigenvalue weighted by Gasteiger charge is 2.35. The summed E-state index contributed by atoms with van der Waals surface area (Å²) in [5.74, 6) is -1.40. The number of nitrogens with one attached hydrogen (secondary N) is 1. The summed E-state index contributed by atoms with van der Waals surface area (Å²) in [5.41, 5.74) is 4.14. The Morgan fingerprint density at radius 3 is 2.62 bits per heavy atom. The Morgan fingerprint density at radius 2 is 1.93 bits per heavy atom. The molecule has 0 saturated carbocycles. The van der Waals surface area contributed by atoms with Crippen molar-refractivity contribution >= 4 is 23.1 Å². The molecule has 0 radical (unpaired) electrons. The number of nitrogen functional groups attached to an aromatic ring is 1. The van der Waals surface area contributed by atoms with Crippen LogP contribution in [0.15, 0.2) is 24.4 Å². The van der Waals surface area contributed by atoms with Crippen LogP contribution in [0.2, 0.25) is 0 Å². The van der Waals surface area contributed by atoms with Crippen LogP contribution in [0.5, 0.6) is 0 Å². The summed E-state index contributed by atoms with van der Waals surface area (Å²) in [4.78, 5) is 12.6. The highest BCUT2D eigenvalue weighted by atomic mass is 19.4. The van der Waals surface area contributed by atoms with Gasteiger partial charge >= 0.3 is 6.18 Å². The van der Waals surface area contributed by atoms with Crippen molar-refractivity contribution in [1.29, 1.82) is 0 Å². The van der Waals surface area contributed by atoms with E-state index in [2.05, 4.69) is 20.3 Å². The molecule has 1 aliphatic heterocycles. The van der Waals surface area contributed by atoms with Gasteiger partial charge in [-0.15, -0.1) is 0 Å². The Morgan fingerprint density at radius 1 is 1.21 bits per heavy atom. The van der Waals surface area contributed by atoms with Crippen molar-refractivity contribution in [2.75, 3.05) is 24.3 Å². The molecule has 1 saturated heterocycles. The molecule has 0 aliphatic carbocycles. The van der Waals surface area contributed by atoms with Gasteiger partial charge < -0.3 is 15.8 Å². The van der Waals surface area contributed by atoms with Gasteiger partial charge in [0.15, 0.2) is 11.5 Å². The molecule has 0 amide bonds. The second-order valence-corrected chi connectivity index (χ2v) is 7.14. The van der Waals surface area contributed by atoms with Gasteiger partial charge in [0.25, 0.3) is 0 Å². The Labute approximate surface area is 162 Å². The van der Waals surface area contributed by atoms with Gasteiger partial charge in [-0.05, 0) is 31.9 Å². The normalized spacial score (nSPS) is 16.9. The quantitative estimate of drug-likeness (QED) is 0.642. The zero-order valence-corrected chi connectivity index (χ0v) is 15.4. The van der Waals surface area contributed by atoms with Gasteiger partial charge in [-0.1, -0.05) is 6.07 Å². The lowest BCUT2D eigenvalue weighted by Crippen LogP contribution is -2.41. The number of hydrogen-bond donors (Lipinski definition) is 2. The number of halogens is 4. The lowest BCUT2D eigenvalue weighted by atomic mass is 9.93. The number of rotatable bonds is 3. The van der Waals surface area contributed by atoms with Crippen LogP contribution < -0.4 is 11.1 Å². The number of imidazole rings is 1. The first kappa shape index (κ1) is 19.4. The van der Waals surface area contributed by atoms with E-state index in [1.807, 2.05) is 6.92 Å². The van der Waals surface area contributed by atoms with E-state index in [-0.39, 0.29) is 34.3 Å². The first-order valence-electron chi connectivity index (χ1n) is 8.91. The minimum atomic E-state index is -4.84. The number of nitrogens with zero attached hydrogens (tertiary/aromatic N) is 4. The van der Waals surface area contributed by atoms with E-state index in [9.17, 15) is 17.6 Å². The first-order chi connectivity index (χ1) is 13.7. The summed E-state index contributed by atoms with van der Waals surface area (Å²) >= 11 is 0. The molecule has 3 aromatic rings. The van der Waals surface area contributed by atoms with Crippen molar-refractivity contribution in [2.45, 2.75) is 31.5 Å². The largest absolute Gasteiger partial charge is 0.419 e. The number of ether oxygens (including phenoxy) is 1. The van der Waals surface area contributed by atoms with Crippen molar-refractivity contribution in [3.8, 4) is 5.69 Å². The van der Waals surface area contributed by atoms with Gasteiger partial charge in [-0.25, -0.2) is 14.4 Å². The molecule has 3 N–H and O–H groups in total. The summed E-state index contributed by atoms with van der Waals surface area (Å²) in [6.07, 6.45) is -1.98. The maximum Gasteiger partial charge on any atom is 0.419 e. The number of fused-ring (bicyclic) bond motifs is 1. The smallest absolute Gasteiger partial charge is 0.381 e. The van der Waals surface area contributed by atoms with Gasteiger partial charge in [0.1, 0.15) is 5.52 Å². The second kappa shape index (κ2) is 6.83. The zero-order valence-electron chi connectivity index (χ0n) is 15.4. The minimum Gasteiger partial charge on any atom is -0.381 e. The molecule has 7 nitrogen and oxygen atoms in total. The fourth-order valence-corrected chi connectivity index (χ4v) is 3.32. The van der Waals surface area contributed by atoms with E-state index in [1.165, 1.54) is 12.3 Å². The van der Waals surface area contributed by atoms with Gasteiger partial charge in [-0.2, -0.15) is 18.2 Å². The van der Waals surface area contributed by atoms with Crippen molar-refractivity contribution in [1.82, 2.24) is 19.5 Å². The van der Waals surface area contributed by atoms with Crippen LogP contribution in [0.1, 0.15) is 25.3 Å². The number of hydrogen-bond acceptors (Lipinski definition) is 6. The number of aromatic nitrogens is 4. The predicted octanol–water partition coefficient (Wildman–Crippen LogP) is 3.54. The fourth-order valence-electron chi connectivity index (χ4n) is 3.32. The highest BCUT2D eigenvalue weighted by molar-refractivity contribution is 5.77. The molecule has 0 atom stereocenters. The second-order valence-electron chi connectivity index (χ2n) is 7.14. The van der Waals surface area contributed by atoms with Crippen LogP contribution in [0.25, 0.3) is 16.9 Å². The summed E-state index contributed by atoms with van der Waals surface area (Å²) in [6.45, 7) is 3.18. The molecule has 1 fully saturated rings. The van der Waals surface area contributed by atoms with Crippen LogP contribution in [0, 0.1) is 5.82 Å². The molecular weight excluding hydrogens is 392 g/mol. The van der Waals surface area contributed by atoms with Crippen LogP contribution in [-0.2, 0) is 10.9 Å². The molecule has 2 aromatic heterocycles. The molecule has 0 unspecified atom stereocenters. The van der Waals surface area contributed by atoms with Gasteiger partial charge in [0, 0.05) is 18.8 Å². The fraction of sp³-hybridized carbons (Fsp3) is 0.389. The monoisotopic (exact) mass is 410 g/mol. The SMILES string of the molecule is CC1(Nc2ncc3nc(N)n(-c4cccc(C(F)(F)F)c4F)c3n2)CCOCC1. The lowest BCUT2D eigenvalue weighted by molar-refractivity contribution is -0.140. The Bertz CT molecular complexity index is 1060. The van der Waals surface area contributed by atoms with Gasteiger partial charge in [-0.3, -0.25) is 4.57 Å². The number of alkyl halides is 3. The standard InChI is InChI=1S/C18H18F4N6O/c1-17(5-7-29-8-6-17)27-16-24-9-11-14(26-16)28(15(23)25-11)12-4-2-3-10(13(12)19)18(20,21)22/h2-4,9H,5-8H2,1H3,(H2,23,25)(H,24,26,27). The summed E-state index contributed by atoms with van der Waals surface area (Å²) < 4.78 is 60.4. The van der Waals surface area contributed by atoms with Crippen LogP contribution in [0.3, 0.4) is 0 Å². The van der Waals surface area contributed by atoms with Crippen molar-refractivity contribution < 1.29 is 22.3 Å². The first-order valence-corrected chi connectivity index (χ1v) is 8.91. The molecule has 29 heavy (non-hydrogen) atoms. The van der Waals surface area contributed by atoms with Crippen molar-refractivity contribution in [3.63, 3.8) is 0 Å². The molecule has 3 heterocycles. The number of anilines is 2.